The SMILES string of the molecule is O=C1C=NC(=O)COc2ccc3ncnc(c3c2)N=c2cccc/c2=C\C=N1. The number of para-hydroxylation sites is 1. The number of carbonyl (C=O) groups excluding carboxylic acids is 2. The molecule has 4 rings (SSSR count). The molecule has 0 saturated carbocycles. The molecule has 0 spiro atoms. The van der Waals surface area contributed by atoms with Crippen molar-refractivity contribution in [3.8, 4) is 5.75 Å². The van der Waals surface area contributed by atoms with E-state index >= 15 is 0 Å². The van der Waals surface area contributed by atoms with Crippen molar-refractivity contribution in [3.63, 3.8) is 0 Å². The van der Waals surface area contributed by atoms with E-state index < -0.39 is 11.8 Å². The maximum Gasteiger partial charge on any atom is 0.288 e. The van der Waals surface area contributed by atoms with Crippen LogP contribution in [0.1, 0.15) is 0 Å². The lowest BCUT2D eigenvalue weighted by Gasteiger charge is -2.06. The van der Waals surface area contributed by atoms with Gasteiger partial charge in [-0.1, -0.05) is 18.2 Å². The van der Waals surface area contributed by atoms with Crippen molar-refractivity contribution < 1.29 is 14.3 Å². The van der Waals surface area contributed by atoms with Gasteiger partial charge in [-0.15, -0.1) is 0 Å². The Kier molecular flexibility index (Phi) is 4.75. The summed E-state index contributed by atoms with van der Waals surface area (Å²) >= 11 is 0. The van der Waals surface area contributed by atoms with Crippen molar-refractivity contribution in [2.75, 3.05) is 6.61 Å². The summed E-state index contributed by atoms with van der Waals surface area (Å²) in [5.41, 5.74) is 0.695. The molecule has 8 nitrogen and oxygen atoms in total. The summed E-state index contributed by atoms with van der Waals surface area (Å²) in [6.45, 7) is -0.311. The van der Waals surface area contributed by atoms with E-state index in [2.05, 4.69) is 24.9 Å². The fraction of sp³-hybridized carbons (Fsp3) is 0.0500. The Balaban J connectivity index is 1.96. The molecular weight excluding hydrogens is 358 g/mol. The third-order valence-electron chi connectivity index (χ3n) is 3.89. The summed E-state index contributed by atoms with van der Waals surface area (Å²) in [6, 6.07) is 12.5. The highest BCUT2D eigenvalue weighted by Crippen LogP contribution is 2.25. The summed E-state index contributed by atoms with van der Waals surface area (Å²) in [6.07, 6.45) is 5.29. The largest absolute Gasteiger partial charge is 0.484 e. The van der Waals surface area contributed by atoms with Gasteiger partial charge >= 0.3 is 0 Å². The third-order valence-corrected chi connectivity index (χ3v) is 3.89. The molecule has 0 unspecified atom stereocenters. The zero-order chi connectivity index (χ0) is 19.3. The van der Waals surface area contributed by atoms with E-state index in [-0.39, 0.29) is 6.61 Å². The van der Waals surface area contributed by atoms with Gasteiger partial charge in [0.15, 0.2) is 12.4 Å². The van der Waals surface area contributed by atoms with Crippen molar-refractivity contribution in [2.45, 2.75) is 0 Å². The number of nitrogens with zero attached hydrogens (tertiary/aromatic N) is 5. The molecule has 0 N–H and O–H groups in total. The lowest BCUT2D eigenvalue weighted by molar-refractivity contribution is -0.120. The average molecular weight is 371 g/mol. The molecule has 8 heteroatoms. The molecule has 28 heavy (non-hydrogen) atoms. The highest BCUT2D eigenvalue weighted by Gasteiger charge is 2.07. The second-order valence-corrected chi connectivity index (χ2v) is 5.77. The molecule has 0 fully saturated rings. The Morgan fingerprint density at radius 2 is 1.86 bits per heavy atom. The molecule has 2 aromatic carbocycles. The number of rotatable bonds is 0. The monoisotopic (exact) mass is 371 g/mol. The van der Waals surface area contributed by atoms with Crippen molar-refractivity contribution in [2.24, 2.45) is 15.0 Å². The van der Waals surface area contributed by atoms with Gasteiger partial charge < -0.3 is 4.74 Å². The van der Waals surface area contributed by atoms with E-state index in [1.54, 1.807) is 24.3 Å². The first-order chi connectivity index (χ1) is 13.7. The predicted octanol–water partition coefficient (Wildman–Crippen LogP) is 0.949. The molecule has 2 heterocycles. The molecule has 2 amide bonds. The van der Waals surface area contributed by atoms with Crippen LogP contribution >= 0.6 is 0 Å². The molecule has 1 aliphatic rings. The summed E-state index contributed by atoms with van der Waals surface area (Å²) in [5.74, 6) is -0.343. The van der Waals surface area contributed by atoms with Crippen LogP contribution in [0.5, 0.6) is 5.75 Å². The van der Waals surface area contributed by atoms with Crippen LogP contribution in [0, 0.1) is 0 Å². The summed E-state index contributed by atoms with van der Waals surface area (Å²) in [7, 11) is 0. The zero-order valence-electron chi connectivity index (χ0n) is 14.5. The van der Waals surface area contributed by atoms with Crippen LogP contribution in [0.25, 0.3) is 17.0 Å². The van der Waals surface area contributed by atoms with E-state index in [9.17, 15) is 9.59 Å². The van der Waals surface area contributed by atoms with Gasteiger partial charge in [0, 0.05) is 16.8 Å². The van der Waals surface area contributed by atoms with E-state index in [4.69, 9.17) is 4.74 Å². The summed E-state index contributed by atoms with van der Waals surface area (Å²) in [4.78, 5) is 43.9. The van der Waals surface area contributed by atoms with Gasteiger partial charge in [-0.3, -0.25) is 9.59 Å². The Morgan fingerprint density at radius 3 is 2.79 bits per heavy atom. The van der Waals surface area contributed by atoms with Crippen molar-refractivity contribution in [3.05, 3.63) is 59.4 Å². The molecule has 0 saturated heterocycles. The molecular formula is C20H13N5O3. The lowest BCUT2D eigenvalue weighted by Crippen LogP contribution is -2.24. The number of aliphatic imine (C=N–C) groups is 2. The van der Waals surface area contributed by atoms with Crippen LogP contribution < -0.4 is 15.3 Å². The predicted molar refractivity (Wildman–Crippen MR) is 103 cm³/mol. The number of carbonyl (C=O) groups is 2. The minimum atomic E-state index is -0.648. The van der Waals surface area contributed by atoms with Crippen LogP contribution in [0.4, 0.5) is 5.82 Å². The second-order valence-electron chi connectivity index (χ2n) is 5.77. The highest BCUT2D eigenvalue weighted by molar-refractivity contribution is 6.30. The number of benzene rings is 2. The van der Waals surface area contributed by atoms with Gasteiger partial charge in [-0.2, -0.15) is 0 Å². The van der Waals surface area contributed by atoms with Gasteiger partial charge in [0.05, 0.1) is 17.1 Å². The Bertz CT molecular complexity index is 1260. The number of aromatic nitrogens is 2. The number of ether oxygens (including phenoxy) is 1. The highest BCUT2D eigenvalue weighted by atomic mass is 16.5. The van der Waals surface area contributed by atoms with E-state index in [0.29, 0.717) is 27.8 Å². The van der Waals surface area contributed by atoms with Gasteiger partial charge in [0.1, 0.15) is 12.1 Å². The Morgan fingerprint density at radius 1 is 0.964 bits per heavy atom. The molecule has 3 aromatic rings. The smallest absolute Gasteiger partial charge is 0.288 e. The standard InChI is InChI=1S/C20H13N5O3/c26-18-10-22-19(27)11-28-14-5-6-17-15(9-14)20(24-12-23-17)25-16-4-2-1-3-13(16)7-8-21-18/h1-10,12H,11H2/b13-7+,21-8?,22-10?,25-16?. The normalized spacial score (nSPS) is 15.5. The number of fused-ring (bicyclic) bond motifs is 2. The first-order valence-corrected chi connectivity index (χ1v) is 8.36. The maximum atomic E-state index is 11.8. The van der Waals surface area contributed by atoms with Crippen molar-refractivity contribution in [1.82, 2.24) is 9.97 Å². The van der Waals surface area contributed by atoms with E-state index in [1.165, 1.54) is 12.5 Å². The maximum absolute atomic E-state index is 11.8. The van der Waals surface area contributed by atoms with Gasteiger partial charge in [0.2, 0.25) is 0 Å². The second kappa shape index (κ2) is 7.67. The Hall–Kier alpha value is -4.07. The number of amides is 2. The van der Waals surface area contributed by atoms with Crippen LogP contribution in [0.15, 0.2) is 63.8 Å². The fourth-order valence-corrected chi connectivity index (χ4v) is 2.58. The van der Waals surface area contributed by atoms with Gasteiger partial charge in [-0.05, 0) is 30.3 Å². The fourth-order valence-electron chi connectivity index (χ4n) is 2.58. The molecule has 1 aliphatic heterocycles. The lowest BCUT2D eigenvalue weighted by atomic mass is 10.2. The first kappa shape index (κ1) is 17.3. The van der Waals surface area contributed by atoms with Crippen molar-refractivity contribution in [1.29, 1.82) is 0 Å². The number of hydrogen-bond donors (Lipinski definition) is 0. The number of hydrogen-bond acceptors (Lipinski definition) is 6. The van der Waals surface area contributed by atoms with Crippen molar-refractivity contribution >= 4 is 47.0 Å². The summed E-state index contributed by atoms with van der Waals surface area (Å²) < 4.78 is 5.47. The molecule has 0 aliphatic carbocycles. The van der Waals surface area contributed by atoms with E-state index in [0.717, 1.165) is 11.4 Å². The third kappa shape index (κ3) is 3.85. The first-order valence-electron chi connectivity index (χ1n) is 8.36. The molecule has 0 atom stereocenters. The molecule has 2 bridgehead atoms. The zero-order valence-corrected chi connectivity index (χ0v) is 14.5. The molecule has 0 radical (unpaired) electrons. The Labute approximate surface area is 158 Å². The quantitative estimate of drug-likeness (QED) is 0.585. The van der Waals surface area contributed by atoms with Gasteiger partial charge in [0.25, 0.3) is 11.8 Å². The van der Waals surface area contributed by atoms with Crippen LogP contribution in [-0.4, -0.2) is 40.8 Å². The van der Waals surface area contributed by atoms with Crippen LogP contribution in [-0.2, 0) is 9.59 Å². The average Bonchev–Trinajstić information content (AvgIpc) is 2.71. The molecule has 1 aromatic heterocycles. The molecule has 136 valence electrons. The van der Waals surface area contributed by atoms with Crippen LogP contribution in [0.3, 0.4) is 0 Å². The summed E-state index contributed by atoms with van der Waals surface area (Å²) in [5, 5.41) is 2.09. The van der Waals surface area contributed by atoms with Crippen LogP contribution in [0.2, 0.25) is 0 Å². The minimum Gasteiger partial charge on any atom is -0.484 e. The van der Waals surface area contributed by atoms with E-state index in [1.807, 2.05) is 24.3 Å². The minimum absolute atomic E-state index is 0.311. The topological polar surface area (TPSA) is 106 Å². The van der Waals surface area contributed by atoms with Gasteiger partial charge in [-0.25, -0.2) is 24.9 Å².